The van der Waals surface area contributed by atoms with E-state index in [1.54, 1.807) is 19.2 Å². The Morgan fingerprint density at radius 3 is 2.67 bits per heavy atom. The quantitative estimate of drug-likeness (QED) is 0.463. The third-order valence-electron chi connectivity index (χ3n) is 6.90. The van der Waals surface area contributed by atoms with E-state index in [0.29, 0.717) is 40.0 Å². The lowest BCUT2D eigenvalue weighted by Gasteiger charge is -2.41. The first kappa shape index (κ1) is 25.3. The zero-order valence-corrected chi connectivity index (χ0v) is 22.1. The standard InChI is InChI=1S/C26H31Cl2N5O3/c1-32-7-5-18(6-8-32)33-9-10-35-19(14-33)15-36-25-13-23-20(12-24(25)34-2)26(30-16-29-23)31-17-3-4-21(27)22(28)11-17/h3-4,11-13,16,18-19H,5-10,14-15H2,1-2H3,(H,29,30,31). The molecule has 0 amide bonds. The van der Waals surface area contributed by atoms with Gasteiger partial charge in [0.2, 0.25) is 0 Å². The van der Waals surface area contributed by atoms with Crippen molar-refractivity contribution in [3.05, 3.63) is 46.7 Å². The summed E-state index contributed by atoms with van der Waals surface area (Å²) < 4.78 is 17.9. The van der Waals surface area contributed by atoms with Crippen molar-refractivity contribution in [2.24, 2.45) is 0 Å². The maximum absolute atomic E-state index is 6.22. The lowest BCUT2D eigenvalue weighted by molar-refractivity contribution is -0.0667. The second-order valence-electron chi connectivity index (χ2n) is 9.33. The van der Waals surface area contributed by atoms with Crippen LogP contribution in [0.15, 0.2) is 36.7 Å². The van der Waals surface area contributed by atoms with Gasteiger partial charge in [0.05, 0.1) is 29.3 Å². The molecule has 8 nitrogen and oxygen atoms in total. The number of anilines is 2. The van der Waals surface area contributed by atoms with Gasteiger partial charge in [0.1, 0.15) is 24.9 Å². The summed E-state index contributed by atoms with van der Waals surface area (Å²) in [6.45, 7) is 5.35. The molecule has 2 aliphatic rings. The number of fused-ring (bicyclic) bond motifs is 1. The number of methoxy groups -OCH3 is 1. The summed E-state index contributed by atoms with van der Waals surface area (Å²) in [7, 11) is 3.82. The maximum atomic E-state index is 6.22. The molecule has 2 aromatic carbocycles. The van der Waals surface area contributed by atoms with Crippen LogP contribution in [0.5, 0.6) is 11.5 Å². The van der Waals surface area contributed by atoms with Gasteiger partial charge in [0, 0.05) is 36.3 Å². The highest BCUT2D eigenvalue weighted by molar-refractivity contribution is 6.42. The molecule has 36 heavy (non-hydrogen) atoms. The smallest absolute Gasteiger partial charge is 0.163 e. The molecule has 2 aliphatic heterocycles. The number of hydrogen-bond donors (Lipinski definition) is 1. The fourth-order valence-corrected chi connectivity index (χ4v) is 5.16. The Hall–Kier alpha value is -2.36. The van der Waals surface area contributed by atoms with Crippen molar-refractivity contribution in [1.29, 1.82) is 0 Å². The van der Waals surface area contributed by atoms with E-state index in [9.17, 15) is 0 Å². The number of piperidine rings is 1. The summed E-state index contributed by atoms with van der Waals surface area (Å²) in [6.07, 6.45) is 3.94. The van der Waals surface area contributed by atoms with Crippen molar-refractivity contribution in [2.45, 2.75) is 25.0 Å². The van der Waals surface area contributed by atoms with Crippen LogP contribution in [0.3, 0.4) is 0 Å². The van der Waals surface area contributed by atoms with Crippen LogP contribution in [-0.2, 0) is 4.74 Å². The van der Waals surface area contributed by atoms with Gasteiger partial charge >= 0.3 is 0 Å². The van der Waals surface area contributed by atoms with Crippen LogP contribution in [0, 0.1) is 0 Å². The molecule has 0 saturated carbocycles. The number of likely N-dealkylation sites (tertiary alicyclic amines) is 1. The average Bonchev–Trinajstić information content (AvgIpc) is 2.90. The lowest BCUT2D eigenvalue weighted by atomic mass is 10.0. The molecule has 1 atom stereocenters. The summed E-state index contributed by atoms with van der Waals surface area (Å²) >= 11 is 12.2. The normalized spacial score (nSPS) is 19.9. The van der Waals surface area contributed by atoms with E-state index in [2.05, 4.69) is 32.1 Å². The van der Waals surface area contributed by atoms with E-state index in [1.807, 2.05) is 18.2 Å². The van der Waals surface area contributed by atoms with E-state index >= 15 is 0 Å². The van der Waals surface area contributed by atoms with Crippen LogP contribution in [0.25, 0.3) is 10.9 Å². The zero-order valence-electron chi connectivity index (χ0n) is 20.5. The highest BCUT2D eigenvalue weighted by atomic mass is 35.5. The molecule has 1 unspecified atom stereocenters. The minimum atomic E-state index is 0.0103. The maximum Gasteiger partial charge on any atom is 0.163 e. The fraction of sp³-hybridized carbons (Fsp3) is 0.462. The van der Waals surface area contributed by atoms with Gasteiger partial charge < -0.3 is 24.4 Å². The van der Waals surface area contributed by atoms with Crippen LogP contribution in [0.1, 0.15) is 12.8 Å². The fourth-order valence-electron chi connectivity index (χ4n) is 4.86. The number of ether oxygens (including phenoxy) is 3. The number of aromatic nitrogens is 2. The van der Waals surface area contributed by atoms with E-state index in [-0.39, 0.29) is 6.10 Å². The van der Waals surface area contributed by atoms with Crippen molar-refractivity contribution in [1.82, 2.24) is 19.8 Å². The van der Waals surface area contributed by atoms with Gasteiger partial charge in [-0.15, -0.1) is 0 Å². The minimum absolute atomic E-state index is 0.0103. The van der Waals surface area contributed by atoms with E-state index in [0.717, 1.165) is 49.4 Å². The Kier molecular flexibility index (Phi) is 7.98. The Morgan fingerprint density at radius 2 is 1.89 bits per heavy atom. The molecule has 0 radical (unpaired) electrons. The van der Waals surface area contributed by atoms with Crippen molar-refractivity contribution in [2.75, 3.05) is 58.9 Å². The minimum Gasteiger partial charge on any atom is -0.493 e. The number of benzene rings is 2. The van der Waals surface area contributed by atoms with Gasteiger partial charge in [0.25, 0.3) is 0 Å². The van der Waals surface area contributed by atoms with Crippen LogP contribution in [-0.4, -0.2) is 85.5 Å². The first-order chi connectivity index (χ1) is 17.5. The van der Waals surface area contributed by atoms with Crippen molar-refractivity contribution in [3.63, 3.8) is 0 Å². The molecular weight excluding hydrogens is 501 g/mol. The van der Waals surface area contributed by atoms with E-state index in [4.69, 9.17) is 37.4 Å². The number of hydrogen-bond acceptors (Lipinski definition) is 8. The molecule has 192 valence electrons. The number of halogens is 2. The lowest BCUT2D eigenvalue weighted by Crippen LogP contribution is -2.52. The predicted molar refractivity (Wildman–Crippen MR) is 143 cm³/mol. The Morgan fingerprint density at radius 1 is 1.06 bits per heavy atom. The summed E-state index contributed by atoms with van der Waals surface area (Å²) in [6, 6.07) is 9.73. The predicted octanol–water partition coefficient (Wildman–Crippen LogP) is 4.86. The molecule has 2 fully saturated rings. The van der Waals surface area contributed by atoms with Gasteiger partial charge in [0.15, 0.2) is 11.5 Å². The molecule has 10 heteroatoms. The Labute approximate surface area is 221 Å². The molecule has 0 bridgehead atoms. The SMILES string of the molecule is COc1cc2c(Nc3ccc(Cl)c(Cl)c3)ncnc2cc1OCC1CN(C2CCN(C)CC2)CCO1. The summed E-state index contributed by atoms with van der Waals surface area (Å²) in [5, 5.41) is 5.05. The number of rotatable bonds is 7. The van der Waals surface area contributed by atoms with Gasteiger partial charge in [-0.05, 0) is 57.2 Å². The van der Waals surface area contributed by atoms with Crippen LogP contribution < -0.4 is 14.8 Å². The third-order valence-corrected chi connectivity index (χ3v) is 7.64. The third kappa shape index (κ3) is 5.79. The monoisotopic (exact) mass is 531 g/mol. The van der Waals surface area contributed by atoms with Crippen molar-refractivity contribution in [3.8, 4) is 11.5 Å². The molecule has 0 aliphatic carbocycles. The molecule has 1 aromatic heterocycles. The molecular formula is C26H31Cl2N5O3. The Balaban J connectivity index is 1.29. The van der Waals surface area contributed by atoms with Crippen molar-refractivity contribution < 1.29 is 14.2 Å². The zero-order chi connectivity index (χ0) is 25.1. The van der Waals surface area contributed by atoms with E-state index < -0.39 is 0 Å². The molecule has 0 spiro atoms. The number of morpholine rings is 1. The first-order valence-electron chi connectivity index (χ1n) is 12.2. The second-order valence-corrected chi connectivity index (χ2v) is 10.1. The first-order valence-corrected chi connectivity index (χ1v) is 13.0. The number of nitrogens with zero attached hydrogens (tertiary/aromatic N) is 4. The van der Waals surface area contributed by atoms with E-state index in [1.165, 1.54) is 19.2 Å². The van der Waals surface area contributed by atoms with Gasteiger partial charge in [-0.1, -0.05) is 23.2 Å². The molecule has 1 N–H and O–H groups in total. The van der Waals surface area contributed by atoms with Crippen LogP contribution in [0.2, 0.25) is 10.0 Å². The van der Waals surface area contributed by atoms with Gasteiger partial charge in [-0.3, -0.25) is 4.90 Å². The van der Waals surface area contributed by atoms with Gasteiger partial charge in [-0.2, -0.15) is 0 Å². The molecule has 3 heterocycles. The summed E-state index contributed by atoms with van der Waals surface area (Å²) in [5.41, 5.74) is 1.51. The van der Waals surface area contributed by atoms with Crippen molar-refractivity contribution >= 4 is 45.6 Å². The summed E-state index contributed by atoms with van der Waals surface area (Å²) in [5.74, 6) is 1.87. The van der Waals surface area contributed by atoms with Crippen LogP contribution in [0.4, 0.5) is 11.5 Å². The molecule has 5 rings (SSSR count). The highest BCUT2D eigenvalue weighted by Crippen LogP contribution is 2.35. The van der Waals surface area contributed by atoms with Gasteiger partial charge in [-0.25, -0.2) is 9.97 Å². The largest absolute Gasteiger partial charge is 0.493 e. The topological polar surface area (TPSA) is 72.0 Å². The summed E-state index contributed by atoms with van der Waals surface area (Å²) in [4.78, 5) is 13.8. The molecule has 3 aromatic rings. The average molecular weight is 532 g/mol. The molecule has 2 saturated heterocycles. The Bertz CT molecular complexity index is 1210. The van der Waals surface area contributed by atoms with Crippen LogP contribution >= 0.6 is 23.2 Å². The highest BCUT2D eigenvalue weighted by Gasteiger charge is 2.29. The second kappa shape index (κ2) is 11.4. The number of nitrogens with one attached hydrogen (secondary N) is 1.